The van der Waals surface area contributed by atoms with Gasteiger partial charge in [0.05, 0.1) is 30.7 Å². The minimum atomic E-state index is -0.564. The Kier molecular flexibility index (Phi) is 5.93. The second kappa shape index (κ2) is 8.85. The molecule has 2 N–H and O–H groups in total. The van der Waals surface area contributed by atoms with Gasteiger partial charge >= 0.3 is 0 Å². The maximum atomic E-state index is 13.0. The number of fused-ring (bicyclic) bond motifs is 1. The Bertz CT molecular complexity index is 1010. The van der Waals surface area contributed by atoms with Crippen molar-refractivity contribution in [2.75, 3.05) is 33.0 Å². The number of H-pyrrole nitrogens is 1. The summed E-state index contributed by atoms with van der Waals surface area (Å²) >= 11 is 0. The van der Waals surface area contributed by atoms with Crippen LogP contribution in [0.2, 0.25) is 0 Å². The van der Waals surface area contributed by atoms with Gasteiger partial charge in [-0.1, -0.05) is 6.07 Å². The van der Waals surface area contributed by atoms with Crippen LogP contribution >= 0.6 is 0 Å². The van der Waals surface area contributed by atoms with Crippen molar-refractivity contribution in [1.29, 1.82) is 0 Å². The Balaban J connectivity index is 1.29. The molecule has 0 spiro atoms. The highest BCUT2D eigenvalue weighted by Gasteiger charge is 2.51. The Hall–Kier alpha value is -2.41. The Morgan fingerprint density at radius 1 is 1.12 bits per heavy atom. The second-order valence-electron chi connectivity index (χ2n) is 9.97. The maximum Gasteiger partial charge on any atom is 0.256 e. The summed E-state index contributed by atoms with van der Waals surface area (Å²) in [5.41, 5.74) is 0.619. The van der Waals surface area contributed by atoms with Crippen LogP contribution in [0.25, 0.3) is 10.9 Å². The molecule has 1 heterocycles. The van der Waals surface area contributed by atoms with Gasteiger partial charge in [-0.05, 0) is 68.4 Å². The first-order valence-electron chi connectivity index (χ1n) is 11.8. The molecule has 6 nitrogen and oxygen atoms in total. The molecule has 32 heavy (non-hydrogen) atoms. The van der Waals surface area contributed by atoms with E-state index in [1.165, 1.54) is 44.7 Å². The predicted octanol–water partition coefficient (Wildman–Crippen LogP) is 3.84. The zero-order chi connectivity index (χ0) is 22.1. The number of carbonyl (C=O) groups is 1. The number of halogens is 1. The van der Waals surface area contributed by atoms with E-state index in [1.807, 2.05) is 6.07 Å². The molecule has 0 saturated heterocycles. The van der Waals surface area contributed by atoms with E-state index in [0.717, 1.165) is 17.8 Å². The van der Waals surface area contributed by atoms with Gasteiger partial charge in [0, 0.05) is 18.2 Å². The molecular formula is C25H31FN2O4. The predicted molar refractivity (Wildman–Crippen MR) is 120 cm³/mol. The Morgan fingerprint density at radius 2 is 1.84 bits per heavy atom. The fourth-order valence-corrected chi connectivity index (χ4v) is 6.70. The number of amides is 1. The molecule has 7 heteroatoms. The monoisotopic (exact) mass is 442 g/mol. The number of benzene rings is 1. The van der Waals surface area contributed by atoms with Crippen LogP contribution in [0.1, 0.15) is 48.9 Å². The maximum absolute atomic E-state index is 13.0. The minimum absolute atomic E-state index is 0.00153. The molecule has 0 atom stereocenters. The number of hydrogen-bond acceptors (Lipinski definition) is 4. The summed E-state index contributed by atoms with van der Waals surface area (Å²) < 4.78 is 23.4. The second-order valence-corrected chi connectivity index (χ2v) is 9.97. The van der Waals surface area contributed by atoms with Gasteiger partial charge in [0.2, 0.25) is 5.43 Å². The highest BCUT2D eigenvalue weighted by atomic mass is 19.1. The third-order valence-electron chi connectivity index (χ3n) is 7.57. The van der Waals surface area contributed by atoms with Crippen molar-refractivity contribution in [3.63, 3.8) is 0 Å². The van der Waals surface area contributed by atoms with Gasteiger partial charge in [0.15, 0.2) is 0 Å². The molecule has 4 aliphatic rings. The lowest BCUT2D eigenvalue weighted by atomic mass is 9.50. The average Bonchev–Trinajstić information content (AvgIpc) is 2.77. The first-order valence-corrected chi connectivity index (χ1v) is 11.8. The van der Waals surface area contributed by atoms with Crippen LogP contribution in [0.5, 0.6) is 5.75 Å². The van der Waals surface area contributed by atoms with Crippen LogP contribution in [-0.2, 0) is 4.74 Å². The number of ether oxygens (including phenoxy) is 2. The normalized spacial score (nSPS) is 28.2. The van der Waals surface area contributed by atoms with E-state index in [4.69, 9.17) is 9.47 Å². The van der Waals surface area contributed by atoms with Gasteiger partial charge in [-0.25, -0.2) is 4.39 Å². The minimum Gasteiger partial charge on any atom is -0.491 e. The molecule has 1 aromatic heterocycles. The molecule has 1 amide bonds. The van der Waals surface area contributed by atoms with Crippen molar-refractivity contribution < 1.29 is 18.7 Å². The summed E-state index contributed by atoms with van der Waals surface area (Å²) in [4.78, 5) is 28.5. The number of alkyl halides is 1. The molecular weight excluding hydrogens is 411 g/mol. The third-order valence-corrected chi connectivity index (χ3v) is 7.57. The SMILES string of the molecule is O=C(NCCOCCF)c1c[nH]c2c(OCC34CC5CC(CC(C5)C3)C4)cccc2c1=O. The van der Waals surface area contributed by atoms with Gasteiger partial charge in [-0.2, -0.15) is 0 Å². The van der Waals surface area contributed by atoms with Crippen LogP contribution in [0.4, 0.5) is 4.39 Å². The number of nitrogens with one attached hydrogen (secondary N) is 2. The lowest BCUT2D eigenvalue weighted by Crippen LogP contribution is -2.48. The lowest BCUT2D eigenvalue weighted by molar-refractivity contribution is -0.0743. The number of hydrogen-bond donors (Lipinski definition) is 2. The van der Waals surface area contributed by atoms with Crippen LogP contribution in [0.15, 0.2) is 29.2 Å². The lowest BCUT2D eigenvalue weighted by Gasteiger charge is -2.56. The molecule has 172 valence electrons. The van der Waals surface area contributed by atoms with Crippen LogP contribution in [0.3, 0.4) is 0 Å². The number of para-hydroxylation sites is 1. The van der Waals surface area contributed by atoms with Gasteiger partial charge in [0.1, 0.15) is 18.0 Å². The molecule has 4 aliphatic carbocycles. The molecule has 0 radical (unpaired) electrons. The highest BCUT2D eigenvalue weighted by Crippen LogP contribution is 2.60. The summed E-state index contributed by atoms with van der Waals surface area (Å²) in [6, 6.07) is 5.41. The molecule has 4 fully saturated rings. The Labute approximate surface area is 186 Å². The van der Waals surface area contributed by atoms with E-state index in [0.29, 0.717) is 23.3 Å². The van der Waals surface area contributed by atoms with Gasteiger partial charge < -0.3 is 19.8 Å². The quantitative estimate of drug-likeness (QED) is 0.579. The molecule has 6 rings (SSSR count). The summed E-state index contributed by atoms with van der Waals surface area (Å²) in [7, 11) is 0. The Morgan fingerprint density at radius 3 is 2.53 bits per heavy atom. The summed E-state index contributed by atoms with van der Waals surface area (Å²) in [6.07, 6.45) is 9.42. The number of rotatable bonds is 9. The van der Waals surface area contributed by atoms with E-state index in [1.54, 1.807) is 12.1 Å². The summed E-state index contributed by atoms with van der Waals surface area (Å²) in [6.45, 7) is 0.538. The van der Waals surface area contributed by atoms with Crippen molar-refractivity contribution in [3.05, 3.63) is 40.2 Å². The van der Waals surface area contributed by atoms with Crippen molar-refractivity contribution in [2.24, 2.45) is 23.2 Å². The molecule has 0 aliphatic heterocycles. The van der Waals surface area contributed by atoms with Crippen LogP contribution < -0.4 is 15.5 Å². The topological polar surface area (TPSA) is 80.4 Å². The molecule has 1 aromatic carbocycles. The first-order chi connectivity index (χ1) is 15.6. The number of aromatic amines is 1. The van der Waals surface area contributed by atoms with Crippen molar-refractivity contribution in [1.82, 2.24) is 10.3 Å². The number of pyridine rings is 1. The standard InChI is InChI=1S/C25H31FN2O4/c26-4-6-31-7-5-27-24(30)20-14-28-22-19(23(20)29)2-1-3-21(22)32-15-25-11-16-8-17(12-25)10-18(9-16)13-25/h1-3,14,16-18H,4-13,15H2,(H,27,30)(H,28,29). The van der Waals surface area contributed by atoms with Crippen LogP contribution in [0, 0.1) is 23.2 Å². The van der Waals surface area contributed by atoms with E-state index >= 15 is 0 Å². The number of aromatic nitrogens is 1. The third kappa shape index (κ3) is 4.15. The van der Waals surface area contributed by atoms with E-state index in [2.05, 4.69) is 10.3 Å². The van der Waals surface area contributed by atoms with Crippen LogP contribution in [-0.4, -0.2) is 43.9 Å². The summed E-state index contributed by atoms with van der Waals surface area (Å²) in [5.74, 6) is 2.78. The smallest absolute Gasteiger partial charge is 0.256 e. The highest BCUT2D eigenvalue weighted by molar-refractivity contribution is 5.97. The fourth-order valence-electron chi connectivity index (χ4n) is 6.70. The first kappa shape index (κ1) is 21.4. The molecule has 4 bridgehead atoms. The fraction of sp³-hybridized carbons (Fsp3) is 0.600. The van der Waals surface area contributed by atoms with E-state index < -0.39 is 12.6 Å². The number of carbonyl (C=O) groups excluding carboxylic acids is 1. The molecule has 0 unspecified atom stereocenters. The largest absolute Gasteiger partial charge is 0.491 e. The zero-order valence-corrected chi connectivity index (χ0v) is 18.3. The molecule has 4 saturated carbocycles. The van der Waals surface area contributed by atoms with Gasteiger partial charge in [0.25, 0.3) is 5.91 Å². The van der Waals surface area contributed by atoms with E-state index in [9.17, 15) is 14.0 Å². The van der Waals surface area contributed by atoms with Crippen molar-refractivity contribution in [2.45, 2.75) is 38.5 Å². The van der Waals surface area contributed by atoms with Crippen molar-refractivity contribution >= 4 is 16.8 Å². The van der Waals surface area contributed by atoms with E-state index in [-0.39, 0.29) is 36.2 Å². The van der Waals surface area contributed by atoms with Gasteiger partial charge in [-0.3, -0.25) is 9.59 Å². The summed E-state index contributed by atoms with van der Waals surface area (Å²) in [5, 5.41) is 3.08. The molecule has 2 aromatic rings. The average molecular weight is 443 g/mol. The van der Waals surface area contributed by atoms with Crippen molar-refractivity contribution in [3.8, 4) is 5.75 Å². The zero-order valence-electron chi connectivity index (χ0n) is 18.3. The van der Waals surface area contributed by atoms with Gasteiger partial charge in [-0.15, -0.1) is 0 Å².